The summed E-state index contributed by atoms with van der Waals surface area (Å²) in [5.74, 6) is 2.79. The van der Waals surface area contributed by atoms with Crippen LogP contribution >= 0.6 is 0 Å². The van der Waals surface area contributed by atoms with Gasteiger partial charge in [0.15, 0.2) is 0 Å². The van der Waals surface area contributed by atoms with Gasteiger partial charge in [-0.05, 0) is 36.6 Å². The molecule has 0 N–H and O–H groups in total. The zero-order valence-corrected chi connectivity index (χ0v) is 15.3. The van der Waals surface area contributed by atoms with E-state index in [9.17, 15) is 0 Å². The van der Waals surface area contributed by atoms with Crippen LogP contribution < -0.4 is 9.64 Å². The summed E-state index contributed by atoms with van der Waals surface area (Å²) in [6.07, 6.45) is 4.37. The highest BCUT2D eigenvalue weighted by molar-refractivity contribution is 5.38. The van der Waals surface area contributed by atoms with E-state index in [1.807, 2.05) is 24.4 Å². The molecule has 2 aliphatic rings. The van der Waals surface area contributed by atoms with Crippen LogP contribution in [0.3, 0.4) is 0 Å². The second-order valence-electron chi connectivity index (χ2n) is 6.88. The molecule has 138 valence electrons. The third kappa shape index (κ3) is 3.81. The minimum atomic E-state index is 0.0810. The van der Waals surface area contributed by atoms with Gasteiger partial charge in [-0.25, -0.2) is 9.97 Å². The first-order valence-corrected chi connectivity index (χ1v) is 9.36. The number of rotatable bonds is 5. The molecule has 6 nitrogen and oxygen atoms in total. The predicted octanol–water partition coefficient (Wildman–Crippen LogP) is 2.66. The Morgan fingerprint density at radius 2 is 2.08 bits per heavy atom. The lowest BCUT2D eigenvalue weighted by molar-refractivity contribution is -0.0159. The predicted molar refractivity (Wildman–Crippen MR) is 100 cm³/mol. The summed E-state index contributed by atoms with van der Waals surface area (Å²) < 4.78 is 11.1. The smallest absolute Gasteiger partial charge is 0.150 e. The van der Waals surface area contributed by atoms with E-state index in [0.29, 0.717) is 6.61 Å². The minimum absolute atomic E-state index is 0.0810. The number of hydrogen-bond acceptors (Lipinski definition) is 6. The van der Waals surface area contributed by atoms with E-state index in [2.05, 4.69) is 26.9 Å². The first-order valence-electron chi connectivity index (χ1n) is 9.36. The van der Waals surface area contributed by atoms with Crippen LogP contribution in [0.15, 0.2) is 36.5 Å². The summed E-state index contributed by atoms with van der Waals surface area (Å²) in [6, 6.07) is 10.3. The molecule has 0 spiro atoms. The van der Waals surface area contributed by atoms with Gasteiger partial charge >= 0.3 is 0 Å². The molecule has 2 aromatic rings. The maximum atomic E-state index is 5.75. The van der Waals surface area contributed by atoms with Gasteiger partial charge in [-0.15, -0.1) is 0 Å². The van der Waals surface area contributed by atoms with Gasteiger partial charge in [0.25, 0.3) is 0 Å². The highest BCUT2D eigenvalue weighted by atomic mass is 16.5. The number of aromatic nitrogens is 2. The quantitative estimate of drug-likeness (QED) is 0.823. The summed E-state index contributed by atoms with van der Waals surface area (Å²) >= 11 is 0. The zero-order valence-electron chi connectivity index (χ0n) is 15.3. The van der Waals surface area contributed by atoms with E-state index in [1.165, 1.54) is 18.4 Å². The van der Waals surface area contributed by atoms with E-state index in [1.54, 1.807) is 7.11 Å². The first kappa shape index (κ1) is 17.2. The van der Waals surface area contributed by atoms with Gasteiger partial charge in [0.1, 0.15) is 17.4 Å². The second kappa shape index (κ2) is 8.01. The summed E-state index contributed by atoms with van der Waals surface area (Å²) in [4.78, 5) is 14.2. The van der Waals surface area contributed by atoms with Crippen molar-refractivity contribution in [2.24, 2.45) is 0 Å². The molecular formula is C20H26N4O2. The standard InChI is InChI=1S/C20H26N4O2/c1-25-17-6-4-5-16(13-17)14-24-11-12-26-15-18(24)20-21-8-7-19(22-20)23-9-2-3-10-23/h4-8,13,18H,2-3,9-12,14-15H2,1H3/t18-/m0/s1. The number of methoxy groups -OCH3 is 1. The Bertz CT molecular complexity index is 733. The van der Waals surface area contributed by atoms with Crippen LogP contribution in [0.4, 0.5) is 5.82 Å². The van der Waals surface area contributed by atoms with E-state index in [-0.39, 0.29) is 6.04 Å². The Morgan fingerprint density at radius 1 is 1.19 bits per heavy atom. The molecule has 0 bridgehead atoms. The van der Waals surface area contributed by atoms with Gasteiger partial charge in [0.05, 0.1) is 26.4 Å². The van der Waals surface area contributed by atoms with Crippen molar-refractivity contribution in [3.05, 3.63) is 47.9 Å². The van der Waals surface area contributed by atoms with Crippen LogP contribution in [0.1, 0.15) is 30.3 Å². The van der Waals surface area contributed by atoms with E-state index >= 15 is 0 Å². The Balaban J connectivity index is 1.54. The van der Waals surface area contributed by atoms with E-state index in [0.717, 1.165) is 50.2 Å². The highest BCUT2D eigenvalue weighted by Gasteiger charge is 2.28. The summed E-state index contributed by atoms with van der Waals surface area (Å²) in [5.41, 5.74) is 1.23. The number of hydrogen-bond donors (Lipinski definition) is 0. The van der Waals surface area contributed by atoms with Crippen molar-refractivity contribution >= 4 is 5.82 Å². The normalized spacial score (nSPS) is 21.1. The van der Waals surface area contributed by atoms with Crippen molar-refractivity contribution in [1.29, 1.82) is 0 Å². The molecule has 2 saturated heterocycles. The van der Waals surface area contributed by atoms with Crippen molar-refractivity contribution in [1.82, 2.24) is 14.9 Å². The van der Waals surface area contributed by atoms with Crippen LogP contribution in [0.5, 0.6) is 5.75 Å². The largest absolute Gasteiger partial charge is 0.497 e. The first-order chi connectivity index (χ1) is 12.8. The van der Waals surface area contributed by atoms with E-state index < -0.39 is 0 Å². The van der Waals surface area contributed by atoms with Gasteiger partial charge in [-0.2, -0.15) is 0 Å². The zero-order chi connectivity index (χ0) is 17.8. The van der Waals surface area contributed by atoms with E-state index in [4.69, 9.17) is 14.5 Å². The molecule has 1 aromatic heterocycles. The topological polar surface area (TPSA) is 50.7 Å². The molecule has 1 atom stereocenters. The van der Waals surface area contributed by atoms with Gasteiger partial charge in [-0.1, -0.05) is 12.1 Å². The Hall–Kier alpha value is -2.18. The molecule has 1 aromatic carbocycles. The average molecular weight is 354 g/mol. The van der Waals surface area contributed by atoms with Crippen LogP contribution in [-0.4, -0.2) is 54.8 Å². The maximum Gasteiger partial charge on any atom is 0.150 e. The van der Waals surface area contributed by atoms with Crippen molar-refractivity contribution in [3.63, 3.8) is 0 Å². The van der Waals surface area contributed by atoms with Gasteiger partial charge in [-0.3, -0.25) is 4.90 Å². The molecule has 0 aliphatic carbocycles. The fourth-order valence-corrected chi connectivity index (χ4v) is 3.72. The lowest BCUT2D eigenvalue weighted by Gasteiger charge is -2.34. The Kier molecular flexibility index (Phi) is 5.32. The average Bonchev–Trinajstić information content (AvgIpc) is 3.24. The minimum Gasteiger partial charge on any atom is -0.497 e. The number of ether oxygens (including phenoxy) is 2. The Morgan fingerprint density at radius 3 is 2.92 bits per heavy atom. The number of nitrogens with zero attached hydrogens (tertiary/aromatic N) is 4. The summed E-state index contributed by atoms with van der Waals surface area (Å²) in [5, 5.41) is 0. The summed E-state index contributed by atoms with van der Waals surface area (Å²) in [7, 11) is 1.70. The molecule has 0 unspecified atom stereocenters. The van der Waals surface area contributed by atoms with Gasteiger partial charge in [0.2, 0.25) is 0 Å². The fourth-order valence-electron chi connectivity index (χ4n) is 3.72. The highest BCUT2D eigenvalue weighted by Crippen LogP contribution is 2.26. The maximum absolute atomic E-state index is 5.75. The van der Waals surface area contributed by atoms with Gasteiger partial charge < -0.3 is 14.4 Å². The Labute approximate surface area is 154 Å². The van der Waals surface area contributed by atoms with Crippen LogP contribution in [0.2, 0.25) is 0 Å². The van der Waals surface area contributed by atoms with Gasteiger partial charge in [0, 0.05) is 32.4 Å². The SMILES string of the molecule is COc1cccc(CN2CCOC[C@H]2c2nccc(N3CCCC3)n2)c1. The van der Waals surface area contributed by atoms with Crippen LogP contribution in [0, 0.1) is 0 Å². The molecule has 0 saturated carbocycles. The monoisotopic (exact) mass is 354 g/mol. The second-order valence-corrected chi connectivity index (χ2v) is 6.88. The fraction of sp³-hybridized carbons (Fsp3) is 0.500. The lowest BCUT2D eigenvalue weighted by atomic mass is 10.1. The van der Waals surface area contributed by atoms with Crippen molar-refractivity contribution < 1.29 is 9.47 Å². The van der Waals surface area contributed by atoms with Crippen molar-refractivity contribution in [2.75, 3.05) is 44.9 Å². The molecular weight excluding hydrogens is 328 g/mol. The van der Waals surface area contributed by atoms with Crippen molar-refractivity contribution in [3.8, 4) is 5.75 Å². The molecule has 2 aliphatic heterocycles. The molecule has 0 amide bonds. The molecule has 3 heterocycles. The molecule has 26 heavy (non-hydrogen) atoms. The van der Waals surface area contributed by atoms with Crippen LogP contribution in [0.25, 0.3) is 0 Å². The third-order valence-electron chi connectivity index (χ3n) is 5.15. The number of benzene rings is 1. The third-order valence-corrected chi connectivity index (χ3v) is 5.15. The molecule has 2 fully saturated rings. The molecule has 0 radical (unpaired) electrons. The number of anilines is 1. The van der Waals surface area contributed by atoms with Crippen LogP contribution in [-0.2, 0) is 11.3 Å². The molecule has 6 heteroatoms. The lowest BCUT2D eigenvalue weighted by Crippen LogP contribution is -2.40. The van der Waals surface area contributed by atoms with Crippen molar-refractivity contribution in [2.45, 2.75) is 25.4 Å². The molecule has 4 rings (SSSR count). The number of morpholine rings is 1. The summed E-state index contributed by atoms with van der Waals surface area (Å²) in [6.45, 7) is 5.26.